The standard InChI is InChI=1S/C28H27FN4O5/c1-38-24-14-7-2-9-19(24)17-30-25(34)15-8-16-32-27(36)20-10-3-6-13-23(20)33(28(32)37)18-26(35)31-22-12-5-4-11-21(22)29/h2-7,9-14H,8,15-18H2,1H3,(H,30,34)(H,31,35). The van der Waals surface area contributed by atoms with Gasteiger partial charge in [-0.3, -0.25) is 23.5 Å². The molecule has 0 radical (unpaired) electrons. The first-order chi connectivity index (χ1) is 18.4. The summed E-state index contributed by atoms with van der Waals surface area (Å²) in [5, 5.41) is 5.52. The lowest BCUT2D eigenvalue weighted by atomic mass is 10.2. The van der Waals surface area contributed by atoms with E-state index in [9.17, 15) is 23.6 Å². The SMILES string of the molecule is COc1ccccc1CNC(=O)CCCn1c(=O)c2ccccc2n(CC(=O)Nc2ccccc2F)c1=O. The summed E-state index contributed by atoms with van der Waals surface area (Å²) in [5.41, 5.74) is -0.0949. The van der Waals surface area contributed by atoms with Gasteiger partial charge in [0.05, 0.1) is 23.7 Å². The van der Waals surface area contributed by atoms with Crippen LogP contribution in [0.1, 0.15) is 18.4 Å². The van der Waals surface area contributed by atoms with E-state index in [2.05, 4.69) is 10.6 Å². The Labute approximate surface area is 217 Å². The van der Waals surface area contributed by atoms with Crippen LogP contribution in [0.2, 0.25) is 0 Å². The maximum atomic E-state index is 14.0. The summed E-state index contributed by atoms with van der Waals surface area (Å²) < 4.78 is 21.4. The maximum absolute atomic E-state index is 14.0. The Morgan fingerprint density at radius 1 is 0.895 bits per heavy atom. The Kier molecular flexibility index (Phi) is 8.32. The summed E-state index contributed by atoms with van der Waals surface area (Å²) in [4.78, 5) is 51.4. The molecule has 3 aromatic carbocycles. The van der Waals surface area contributed by atoms with Crippen molar-refractivity contribution < 1.29 is 18.7 Å². The van der Waals surface area contributed by atoms with E-state index >= 15 is 0 Å². The average molecular weight is 519 g/mol. The zero-order valence-corrected chi connectivity index (χ0v) is 20.8. The van der Waals surface area contributed by atoms with Gasteiger partial charge in [0, 0.05) is 25.1 Å². The van der Waals surface area contributed by atoms with Crippen LogP contribution in [-0.4, -0.2) is 28.1 Å². The minimum Gasteiger partial charge on any atom is -0.496 e. The van der Waals surface area contributed by atoms with Gasteiger partial charge in [-0.2, -0.15) is 0 Å². The molecule has 4 aromatic rings. The highest BCUT2D eigenvalue weighted by Gasteiger charge is 2.16. The molecule has 10 heteroatoms. The van der Waals surface area contributed by atoms with Crippen LogP contribution in [0.5, 0.6) is 5.75 Å². The number of hydrogen-bond acceptors (Lipinski definition) is 5. The molecule has 0 aliphatic rings. The molecular formula is C28H27FN4O5. The van der Waals surface area contributed by atoms with Crippen molar-refractivity contribution in [2.75, 3.05) is 12.4 Å². The van der Waals surface area contributed by atoms with Gasteiger partial charge in [-0.15, -0.1) is 0 Å². The second-order valence-electron chi connectivity index (χ2n) is 8.56. The molecule has 0 bridgehead atoms. The number of para-hydroxylation sites is 3. The number of aromatic nitrogens is 2. The van der Waals surface area contributed by atoms with E-state index in [0.29, 0.717) is 5.75 Å². The van der Waals surface area contributed by atoms with Gasteiger partial charge in [-0.1, -0.05) is 42.5 Å². The first-order valence-corrected chi connectivity index (χ1v) is 12.0. The highest BCUT2D eigenvalue weighted by molar-refractivity contribution is 5.91. The predicted octanol–water partition coefficient (Wildman–Crippen LogP) is 3.05. The molecule has 2 N–H and O–H groups in total. The van der Waals surface area contributed by atoms with Crippen molar-refractivity contribution in [1.29, 1.82) is 0 Å². The van der Waals surface area contributed by atoms with Crippen LogP contribution < -0.4 is 26.6 Å². The fourth-order valence-electron chi connectivity index (χ4n) is 4.15. The van der Waals surface area contributed by atoms with E-state index in [1.54, 1.807) is 43.5 Å². The van der Waals surface area contributed by atoms with Crippen molar-refractivity contribution in [3.8, 4) is 5.75 Å². The molecule has 0 saturated heterocycles. The lowest BCUT2D eigenvalue weighted by molar-refractivity contribution is -0.121. The van der Waals surface area contributed by atoms with Gasteiger partial charge in [0.25, 0.3) is 5.56 Å². The number of carbonyl (C=O) groups is 2. The molecule has 0 fully saturated rings. The van der Waals surface area contributed by atoms with E-state index in [1.165, 1.54) is 22.8 Å². The van der Waals surface area contributed by atoms with Crippen molar-refractivity contribution in [1.82, 2.24) is 14.5 Å². The molecule has 0 unspecified atom stereocenters. The van der Waals surface area contributed by atoms with E-state index in [4.69, 9.17) is 4.74 Å². The Morgan fingerprint density at radius 3 is 2.39 bits per heavy atom. The molecule has 2 amide bonds. The summed E-state index contributed by atoms with van der Waals surface area (Å²) in [5.74, 6) is -0.806. The maximum Gasteiger partial charge on any atom is 0.331 e. The third kappa shape index (κ3) is 5.97. The van der Waals surface area contributed by atoms with Crippen LogP contribution in [0, 0.1) is 5.82 Å². The number of carbonyl (C=O) groups excluding carboxylic acids is 2. The molecule has 4 rings (SSSR count). The number of fused-ring (bicyclic) bond motifs is 1. The summed E-state index contributed by atoms with van der Waals surface area (Å²) in [6.45, 7) is -0.157. The van der Waals surface area contributed by atoms with E-state index in [-0.39, 0.29) is 48.4 Å². The van der Waals surface area contributed by atoms with Gasteiger partial charge in [0.1, 0.15) is 18.1 Å². The lowest BCUT2D eigenvalue weighted by Gasteiger charge is -2.14. The minimum atomic E-state index is -0.688. The number of amides is 2. The summed E-state index contributed by atoms with van der Waals surface area (Å²) in [7, 11) is 1.55. The molecule has 9 nitrogen and oxygen atoms in total. The number of nitrogens with zero attached hydrogens (tertiary/aromatic N) is 2. The fourth-order valence-corrected chi connectivity index (χ4v) is 4.15. The average Bonchev–Trinajstić information content (AvgIpc) is 2.93. The normalized spacial score (nSPS) is 10.8. The van der Waals surface area contributed by atoms with Crippen LogP contribution >= 0.6 is 0 Å². The second-order valence-corrected chi connectivity index (χ2v) is 8.56. The molecule has 1 aromatic heterocycles. The number of halogens is 1. The molecule has 196 valence electrons. The van der Waals surface area contributed by atoms with Crippen LogP contribution in [0.4, 0.5) is 10.1 Å². The Balaban J connectivity index is 1.48. The Bertz CT molecular complexity index is 1590. The molecular weight excluding hydrogens is 491 g/mol. The largest absolute Gasteiger partial charge is 0.496 e. The number of anilines is 1. The molecule has 0 spiro atoms. The monoisotopic (exact) mass is 518 g/mol. The second kappa shape index (κ2) is 12.0. The molecule has 0 saturated carbocycles. The van der Waals surface area contributed by atoms with Crippen molar-refractivity contribution in [2.45, 2.75) is 32.5 Å². The van der Waals surface area contributed by atoms with Crippen LogP contribution in [0.3, 0.4) is 0 Å². The number of ether oxygens (including phenoxy) is 1. The van der Waals surface area contributed by atoms with Gasteiger partial charge in [-0.25, -0.2) is 9.18 Å². The van der Waals surface area contributed by atoms with E-state index in [1.807, 2.05) is 18.2 Å². The first-order valence-electron chi connectivity index (χ1n) is 12.0. The topological polar surface area (TPSA) is 111 Å². The third-order valence-corrected chi connectivity index (χ3v) is 6.04. The van der Waals surface area contributed by atoms with Gasteiger partial charge in [0.15, 0.2) is 0 Å². The smallest absolute Gasteiger partial charge is 0.331 e. The highest BCUT2D eigenvalue weighted by atomic mass is 19.1. The summed E-state index contributed by atoms with van der Waals surface area (Å²) in [6, 6.07) is 19.5. The zero-order valence-electron chi connectivity index (χ0n) is 20.8. The first kappa shape index (κ1) is 26.3. The number of hydrogen-bond donors (Lipinski definition) is 2. The van der Waals surface area contributed by atoms with E-state index in [0.717, 1.165) is 10.1 Å². The molecule has 38 heavy (non-hydrogen) atoms. The minimum absolute atomic E-state index is 0.0117. The Morgan fingerprint density at radius 2 is 1.61 bits per heavy atom. The van der Waals surface area contributed by atoms with E-state index < -0.39 is 29.5 Å². The van der Waals surface area contributed by atoms with Crippen LogP contribution in [0.25, 0.3) is 10.9 Å². The highest BCUT2D eigenvalue weighted by Crippen LogP contribution is 2.17. The number of benzene rings is 3. The number of rotatable bonds is 10. The predicted molar refractivity (Wildman–Crippen MR) is 142 cm³/mol. The third-order valence-electron chi connectivity index (χ3n) is 6.04. The Hall–Kier alpha value is -4.73. The van der Waals surface area contributed by atoms with Crippen LogP contribution in [0.15, 0.2) is 82.4 Å². The molecule has 1 heterocycles. The quantitative estimate of drug-likeness (QED) is 0.335. The van der Waals surface area contributed by atoms with Gasteiger partial charge >= 0.3 is 5.69 Å². The van der Waals surface area contributed by atoms with Gasteiger partial charge in [0.2, 0.25) is 11.8 Å². The van der Waals surface area contributed by atoms with Crippen molar-refractivity contribution in [3.05, 3.63) is 105 Å². The lowest BCUT2D eigenvalue weighted by Crippen LogP contribution is -2.42. The summed E-state index contributed by atoms with van der Waals surface area (Å²) in [6.07, 6.45) is 0.314. The van der Waals surface area contributed by atoms with Gasteiger partial charge < -0.3 is 15.4 Å². The fraction of sp³-hybridized carbons (Fsp3) is 0.214. The van der Waals surface area contributed by atoms with Gasteiger partial charge in [-0.05, 0) is 36.8 Å². The molecule has 0 atom stereocenters. The molecule has 0 aliphatic heterocycles. The van der Waals surface area contributed by atoms with Crippen molar-refractivity contribution in [3.63, 3.8) is 0 Å². The summed E-state index contributed by atoms with van der Waals surface area (Å²) >= 11 is 0. The number of nitrogens with one attached hydrogen (secondary N) is 2. The molecule has 0 aliphatic carbocycles. The van der Waals surface area contributed by atoms with Crippen LogP contribution in [-0.2, 0) is 29.2 Å². The van der Waals surface area contributed by atoms with Crippen molar-refractivity contribution >= 4 is 28.4 Å². The zero-order chi connectivity index (χ0) is 27.1. The van der Waals surface area contributed by atoms with Crippen molar-refractivity contribution in [2.24, 2.45) is 0 Å². The number of methoxy groups -OCH3 is 1.